The number of hydrogen-bond acceptors (Lipinski definition) is 4. The van der Waals surface area contributed by atoms with Crippen LogP contribution in [0.15, 0.2) is 0 Å². The van der Waals surface area contributed by atoms with Gasteiger partial charge in [0.1, 0.15) is 0 Å². The Morgan fingerprint density at radius 3 is 2.26 bits per heavy atom. The molecule has 2 fully saturated rings. The van der Waals surface area contributed by atoms with Crippen LogP contribution < -0.4 is 5.73 Å². The smallest absolute Gasteiger partial charge is 0.0474 e. The molecular weight excluding hydrogens is 254 g/mol. The normalized spacial score (nSPS) is 33.8. The number of nitrogens with zero attached hydrogens (tertiary/aromatic N) is 2. The molecule has 0 spiro atoms. The molecular formula is C15H31N3S. The second-order valence-electron chi connectivity index (χ2n) is 7.04. The first-order valence-corrected chi connectivity index (χ1v) is 8.85. The van der Waals surface area contributed by atoms with E-state index in [0.29, 0.717) is 11.5 Å². The van der Waals surface area contributed by atoms with Gasteiger partial charge < -0.3 is 5.73 Å². The largest absolute Gasteiger partial charge is 0.329 e. The summed E-state index contributed by atoms with van der Waals surface area (Å²) in [5.41, 5.74) is 6.82. The molecule has 0 aromatic heterocycles. The summed E-state index contributed by atoms with van der Waals surface area (Å²) in [6.45, 7) is 15.0. The molecule has 1 atom stereocenters. The topological polar surface area (TPSA) is 32.5 Å². The molecule has 112 valence electrons. The first-order chi connectivity index (χ1) is 8.93. The predicted octanol–water partition coefficient (Wildman–Crippen LogP) is 1.87. The number of thioether (sulfide) groups is 1. The fourth-order valence-electron chi connectivity index (χ4n) is 3.65. The highest BCUT2D eigenvalue weighted by Crippen LogP contribution is 2.45. The van der Waals surface area contributed by atoms with Gasteiger partial charge in [0.15, 0.2) is 0 Å². The van der Waals surface area contributed by atoms with Gasteiger partial charge in [-0.2, -0.15) is 11.8 Å². The van der Waals surface area contributed by atoms with Crippen LogP contribution in [0, 0.1) is 5.41 Å². The monoisotopic (exact) mass is 285 g/mol. The molecule has 2 aliphatic rings. The lowest BCUT2D eigenvalue weighted by Crippen LogP contribution is -2.69. The zero-order chi connectivity index (χ0) is 14.1. The molecule has 2 saturated heterocycles. The number of piperazine rings is 1. The second-order valence-corrected chi connectivity index (χ2v) is 8.14. The van der Waals surface area contributed by atoms with Crippen molar-refractivity contribution in [3.8, 4) is 0 Å². The standard InChI is InChI=1S/C15H31N3S/c1-13(2)17-6-8-18(9-7-17)15(11-16)12-19-10-5-14(15,3)4/h13H,5-12,16H2,1-4H3. The summed E-state index contributed by atoms with van der Waals surface area (Å²) >= 11 is 2.09. The maximum atomic E-state index is 6.27. The molecule has 2 heterocycles. The Balaban J connectivity index is 2.10. The SMILES string of the molecule is CC(C)N1CCN(C2(CN)CSCCC2(C)C)CC1. The molecule has 0 bridgehead atoms. The van der Waals surface area contributed by atoms with Gasteiger partial charge in [-0.1, -0.05) is 13.8 Å². The van der Waals surface area contributed by atoms with Crippen molar-refractivity contribution in [2.75, 3.05) is 44.2 Å². The van der Waals surface area contributed by atoms with Crippen LogP contribution >= 0.6 is 11.8 Å². The van der Waals surface area contributed by atoms with E-state index in [1.807, 2.05) is 0 Å². The van der Waals surface area contributed by atoms with Crippen molar-refractivity contribution in [3.05, 3.63) is 0 Å². The van der Waals surface area contributed by atoms with Crippen molar-refractivity contribution in [1.29, 1.82) is 0 Å². The highest BCUT2D eigenvalue weighted by atomic mass is 32.2. The molecule has 2 rings (SSSR count). The molecule has 4 heteroatoms. The summed E-state index contributed by atoms with van der Waals surface area (Å²) in [7, 11) is 0. The summed E-state index contributed by atoms with van der Waals surface area (Å²) < 4.78 is 0. The lowest BCUT2D eigenvalue weighted by atomic mass is 9.69. The van der Waals surface area contributed by atoms with Gasteiger partial charge in [-0.15, -0.1) is 0 Å². The molecule has 1 unspecified atom stereocenters. The van der Waals surface area contributed by atoms with Gasteiger partial charge in [-0.25, -0.2) is 0 Å². The van der Waals surface area contributed by atoms with Gasteiger partial charge in [0.2, 0.25) is 0 Å². The Kier molecular flexibility index (Phi) is 4.87. The lowest BCUT2D eigenvalue weighted by molar-refractivity contribution is -0.0326. The first kappa shape index (κ1) is 15.6. The van der Waals surface area contributed by atoms with Crippen molar-refractivity contribution in [2.45, 2.75) is 45.7 Å². The highest BCUT2D eigenvalue weighted by molar-refractivity contribution is 7.99. The van der Waals surface area contributed by atoms with Crippen LogP contribution in [0.4, 0.5) is 0 Å². The Hall–Kier alpha value is 0.230. The van der Waals surface area contributed by atoms with E-state index in [2.05, 4.69) is 49.3 Å². The van der Waals surface area contributed by atoms with Gasteiger partial charge in [-0.05, 0) is 31.4 Å². The van der Waals surface area contributed by atoms with Crippen LogP contribution in [0.3, 0.4) is 0 Å². The number of hydrogen-bond donors (Lipinski definition) is 1. The van der Waals surface area contributed by atoms with E-state index in [0.717, 1.165) is 6.54 Å². The Labute approximate surface area is 123 Å². The van der Waals surface area contributed by atoms with Crippen LogP contribution in [-0.4, -0.2) is 65.6 Å². The lowest BCUT2D eigenvalue weighted by Gasteiger charge is -2.57. The Morgan fingerprint density at radius 1 is 1.16 bits per heavy atom. The zero-order valence-electron chi connectivity index (χ0n) is 13.1. The molecule has 0 amide bonds. The van der Waals surface area contributed by atoms with Crippen LogP contribution in [0.25, 0.3) is 0 Å². The van der Waals surface area contributed by atoms with E-state index in [-0.39, 0.29) is 5.54 Å². The Bertz CT molecular complexity index is 298. The summed E-state index contributed by atoms with van der Waals surface area (Å²) in [5, 5.41) is 0. The number of nitrogens with two attached hydrogens (primary N) is 1. The first-order valence-electron chi connectivity index (χ1n) is 7.70. The average molecular weight is 286 g/mol. The van der Waals surface area contributed by atoms with Crippen molar-refractivity contribution in [3.63, 3.8) is 0 Å². The fraction of sp³-hybridized carbons (Fsp3) is 1.00. The van der Waals surface area contributed by atoms with Crippen LogP contribution in [-0.2, 0) is 0 Å². The molecule has 0 aromatic carbocycles. The van der Waals surface area contributed by atoms with Crippen molar-refractivity contribution >= 4 is 11.8 Å². The quantitative estimate of drug-likeness (QED) is 0.858. The zero-order valence-corrected chi connectivity index (χ0v) is 13.9. The molecule has 0 radical (unpaired) electrons. The van der Waals surface area contributed by atoms with E-state index in [1.165, 1.54) is 44.1 Å². The predicted molar refractivity (Wildman–Crippen MR) is 85.8 cm³/mol. The molecule has 3 nitrogen and oxygen atoms in total. The van der Waals surface area contributed by atoms with Crippen LogP contribution in [0.5, 0.6) is 0 Å². The molecule has 0 aliphatic carbocycles. The molecule has 0 saturated carbocycles. The maximum absolute atomic E-state index is 6.27. The maximum Gasteiger partial charge on any atom is 0.0474 e. The Morgan fingerprint density at radius 2 is 1.79 bits per heavy atom. The van der Waals surface area contributed by atoms with Gasteiger partial charge in [0, 0.05) is 50.1 Å². The second kappa shape index (κ2) is 5.92. The average Bonchev–Trinajstić information content (AvgIpc) is 2.39. The summed E-state index contributed by atoms with van der Waals surface area (Å²) in [6.07, 6.45) is 1.29. The highest BCUT2D eigenvalue weighted by Gasteiger charge is 2.50. The van der Waals surface area contributed by atoms with E-state index >= 15 is 0 Å². The van der Waals surface area contributed by atoms with Gasteiger partial charge >= 0.3 is 0 Å². The number of rotatable bonds is 3. The minimum absolute atomic E-state index is 0.207. The minimum Gasteiger partial charge on any atom is -0.329 e. The molecule has 19 heavy (non-hydrogen) atoms. The van der Waals surface area contributed by atoms with E-state index in [4.69, 9.17) is 5.73 Å². The van der Waals surface area contributed by atoms with Crippen LogP contribution in [0.1, 0.15) is 34.1 Å². The van der Waals surface area contributed by atoms with Crippen molar-refractivity contribution in [2.24, 2.45) is 11.1 Å². The van der Waals surface area contributed by atoms with Gasteiger partial charge in [0.05, 0.1) is 0 Å². The van der Waals surface area contributed by atoms with Crippen molar-refractivity contribution < 1.29 is 0 Å². The third-order valence-corrected chi connectivity index (χ3v) is 6.63. The van der Waals surface area contributed by atoms with E-state index in [9.17, 15) is 0 Å². The van der Waals surface area contributed by atoms with Crippen LogP contribution in [0.2, 0.25) is 0 Å². The summed E-state index contributed by atoms with van der Waals surface area (Å²) in [5.74, 6) is 2.50. The van der Waals surface area contributed by atoms with Crippen molar-refractivity contribution in [1.82, 2.24) is 9.80 Å². The van der Waals surface area contributed by atoms with E-state index in [1.54, 1.807) is 0 Å². The summed E-state index contributed by atoms with van der Waals surface area (Å²) in [6, 6.07) is 0.671. The van der Waals surface area contributed by atoms with Gasteiger partial charge in [-0.3, -0.25) is 9.80 Å². The van der Waals surface area contributed by atoms with E-state index < -0.39 is 0 Å². The molecule has 2 N–H and O–H groups in total. The third-order valence-electron chi connectivity index (χ3n) is 5.46. The molecule has 0 aromatic rings. The fourth-order valence-corrected chi connectivity index (χ4v) is 5.47. The van der Waals surface area contributed by atoms with Gasteiger partial charge in [0.25, 0.3) is 0 Å². The summed E-state index contributed by atoms with van der Waals surface area (Å²) in [4.78, 5) is 5.29. The third kappa shape index (κ3) is 2.82. The minimum atomic E-state index is 0.207. The molecule has 2 aliphatic heterocycles.